The first-order valence-electron chi connectivity index (χ1n) is 8.10. The van der Waals surface area contributed by atoms with E-state index in [-0.39, 0.29) is 31.3 Å². The lowest BCUT2D eigenvalue weighted by Crippen LogP contribution is -2.67. The number of benzene rings is 1. The van der Waals surface area contributed by atoms with Gasteiger partial charge in [-0.2, -0.15) is 0 Å². The molecular weight excluding hydrogens is 356 g/mol. The van der Waals surface area contributed by atoms with Gasteiger partial charge in [-0.05, 0) is 11.1 Å². The van der Waals surface area contributed by atoms with Crippen molar-refractivity contribution >= 4 is 17.8 Å². The molecule has 1 aromatic rings. The Kier molecular flexibility index (Phi) is 5.28. The molecule has 2 atom stereocenters. The highest BCUT2D eigenvalue weighted by molar-refractivity contribution is 6.00. The second-order valence-corrected chi connectivity index (χ2v) is 5.85. The lowest BCUT2D eigenvalue weighted by molar-refractivity contribution is -0.161. The molecule has 0 spiro atoms. The number of nitrogens with zero attached hydrogens (tertiary/aromatic N) is 4. The third kappa shape index (κ3) is 3.70. The van der Waals surface area contributed by atoms with Crippen molar-refractivity contribution in [3.63, 3.8) is 0 Å². The highest BCUT2D eigenvalue weighted by Crippen LogP contribution is 2.35. The van der Waals surface area contributed by atoms with E-state index < -0.39 is 29.9 Å². The van der Waals surface area contributed by atoms with Crippen molar-refractivity contribution in [2.75, 3.05) is 13.2 Å². The van der Waals surface area contributed by atoms with Crippen molar-refractivity contribution in [2.45, 2.75) is 25.6 Å². The first-order chi connectivity index (χ1) is 13.0. The summed E-state index contributed by atoms with van der Waals surface area (Å²) in [7, 11) is 0. The number of rotatable bonds is 6. The predicted molar refractivity (Wildman–Crippen MR) is 89.4 cm³/mol. The summed E-state index contributed by atoms with van der Waals surface area (Å²) in [5, 5.41) is 3.43. The van der Waals surface area contributed by atoms with Crippen LogP contribution in [0.4, 0.5) is 0 Å². The van der Waals surface area contributed by atoms with Crippen molar-refractivity contribution < 1.29 is 28.6 Å². The number of hydrogen-bond donors (Lipinski definition) is 0. The second-order valence-electron chi connectivity index (χ2n) is 5.85. The third-order valence-electron chi connectivity index (χ3n) is 4.11. The Morgan fingerprint density at radius 1 is 1.30 bits per heavy atom. The van der Waals surface area contributed by atoms with Gasteiger partial charge in [-0.15, -0.1) is 0 Å². The molecule has 0 bridgehead atoms. The Labute approximate surface area is 153 Å². The summed E-state index contributed by atoms with van der Waals surface area (Å²) >= 11 is 0. The van der Waals surface area contributed by atoms with Gasteiger partial charge in [-0.25, -0.2) is 4.79 Å². The van der Waals surface area contributed by atoms with Gasteiger partial charge < -0.3 is 14.2 Å². The van der Waals surface area contributed by atoms with Gasteiger partial charge in [0.2, 0.25) is 5.91 Å². The highest BCUT2D eigenvalue weighted by Gasteiger charge is 2.54. The first-order valence-corrected chi connectivity index (χ1v) is 8.10. The number of azide groups is 1. The molecule has 2 aliphatic heterocycles. The van der Waals surface area contributed by atoms with Crippen LogP contribution in [0.2, 0.25) is 0 Å². The minimum Gasteiger partial charge on any atom is -0.490 e. The maximum absolute atomic E-state index is 12.6. The maximum Gasteiger partial charge on any atom is 0.359 e. The SMILES string of the molecule is CC(=O)OCC1=C(C(=O)OCc2ccccc2)N2C(=O)C(N=[N+]=[N-])C2CO1. The van der Waals surface area contributed by atoms with Crippen molar-refractivity contribution in [1.82, 2.24) is 4.90 Å². The van der Waals surface area contributed by atoms with E-state index >= 15 is 0 Å². The Bertz CT molecular complexity index is 846. The molecule has 10 nitrogen and oxygen atoms in total. The maximum atomic E-state index is 12.6. The van der Waals surface area contributed by atoms with Gasteiger partial charge in [0.05, 0.1) is 6.04 Å². The summed E-state index contributed by atoms with van der Waals surface area (Å²) in [6.07, 6.45) is 0. The lowest BCUT2D eigenvalue weighted by atomic mass is 9.93. The van der Waals surface area contributed by atoms with Gasteiger partial charge >= 0.3 is 11.9 Å². The Morgan fingerprint density at radius 3 is 2.70 bits per heavy atom. The fourth-order valence-corrected chi connectivity index (χ4v) is 2.82. The summed E-state index contributed by atoms with van der Waals surface area (Å²) in [5.41, 5.74) is 9.20. The molecule has 0 saturated carbocycles. The molecule has 1 amide bonds. The van der Waals surface area contributed by atoms with Crippen molar-refractivity contribution in [3.8, 4) is 0 Å². The summed E-state index contributed by atoms with van der Waals surface area (Å²) in [5.74, 6) is -1.87. The third-order valence-corrected chi connectivity index (χ3v) is 4.11. The van der Waals surface area contributed by atoms with E-state index in [1.54, 1.807) is 24.3 Å². The zero-order valence-corrected chi connectivity index (χ0v) is 14.4. The number of β-lactam (4-membered cyclic amide) rings is 1. The van der Waals surface area contributed by atoms with Gasteiger partial charge in [0.1, 0.15) is 19.3 Å². The molecular formula is C17H16N4O6. The van der Waals surface area contributed by atoms with E-state index in [2.05, 4.69) is 10.0 Å². The van der Waals surface area contributed by atoms with Crippen LogP contribution < -0.4 is 0 Å². The first kappa shape index (κ1) is 18.3. The number of carbonyl (C=O) groups excluding carboxylic acids is 3. The monoisotopic (exact) mass is 372 g/mol. The molecule has 2 unspecified atom stereocenters. The van der Waals surface area contributed by atoms with Gasteiger partial charge in [-0.3, -0.25) is 14.5 Å². The molecule has 2 heterocycles. The van der Waals surface area contributed by atoms with Crippen molar-refractivity contribution in [3.05, 3.63) is 57.8 Å². The van der Waals surface area contributed by atoms with E-state index in [1.165, 1.54) is 11.8 Å². The quantitative estimate of drug-likeness (QED) is 0.244. The molecule has 10 heteroatoms. The van der Waals surface area contributed by atoms with Crippen LogP contribution in [-0.4, -0.2) is 48.0 Å². The lowest BCUT2D eigenvalue weighted by Gasteiger charge is -2.48. The van der Waals surface area contributed by atoms with E-state index in [4.69, 9.17) is 19.7 Å². The second kappa shape index (κ2) is 7.79. The number of hydrogen-bond acceptors (Lipinski definition) is 7. The highest BCUT2D eigenvalue weighted by atomic mass is 16.6. The van der Waals surface area contributed by atoms with E-state index in [0.717, 1.165) is 5.56 Å². The minimum atomic E-state index is -0.942. The fourth-order valence-electron chi connectivity index (χ4n) is 2.82. The zero-order valence-electron chi connectivity index (χ0n) is 14.4. The molecule has 0 radical (unpaired) electrons. The number of amides is 1. The number of ether oxygens (including phenoxy) is 3. The fraction of sp³-hybridized carbons (Fsp3) is 0.353. The summed E-state index contributed by atoms with van der Waals surface area (Å²) < 4.78 is 15.7. The Balaban J connectivity index is 1.82. The molecule has 27 heavy (non-hydrogen) atoms. The van der Waals surface area contributed by atoms with Gasteiger partial charge in [0, 0.05) is 11.8 Å². The number of esters is 2. The zero-order chi connectivity index (χ0) is 19.4. The van der Waals surface area contributed by atoms with Crippen LogP contribution in [0.1, 0.15) is 12.5 Å². The summed E-state index contributed by atoms with van der Waals surface area (Å²) in [4.78, 5) is 39.8. The van der Waals surface area contributed by atoms with Gasteiger partial charge in [-0.1, -0.05) is 35.4 Å². The average Bonchev–Trinajstić information content (AvgIpc) is 2.68. The normalized spacial score (nSPS) is 20.6. The van der Waals surface area contributed by atoms with Crippen LogP contribution in [0.25, 0.3) is 10.4 Å². The van der Waals surface area contributed by atoms with Crippen LogP contribution in [0.5, 0.6) is 0 Å². The van der Waals surface area contributed by atoms with Crippen LogP contribution in [0.15, 0.2) is 46.9 Å². The van der Waals surface area contributed by atoms with E-state index in [1.807, 2.05) is 6.07 Å². The molecule has 0 aromatic heterocycles. The summed E-state index contributed by atoms with van der Waals surface area (Å²) in [6, 6.07) is 7.47. The van der Waals surface area contributed by atoms with Gasteiger partial charge in [0.25, 0.3) is 0 Å². The number of fused-ring (bicyclic) bond motifs is 1. The van der Waals surface area contributed by atoms with Crippen molar-refractivity contribution in [2.24, 2.45) is 5.11 Å². The molecule has 1 saturated heterocycles. The van der Waals surface area contributed by atoms with Crippen molar-refractivity contribution in [1.29, 1.82) is 0 Å². The summed E-state index contributed by atoms with van der Waals surface area (Å²) in [6.45, 7) is 0.914. The molecule has 1 aromatic carbocycles. The van der Waals surface area contributed by atoms with Crippen LogP contribution in [0, 0.1) is 0 Å². The van der Waals surface area contributed by atoms with E-state index in [9.17, 15) is 14.4 Å². The molecule has 0 N–H and O–H groups in total. The van der Waals surface area contributed by atoms with E-state index in [0.29, 0.717) is 0 Å². The molecule has 3 rings (SSSR count). The average molecular weight is 372 g/mol. The molecule has 1 fully saturated rings. The minimum absolute atomic E-state index is 0.00348. The van der Waals surface area contributed by atoms with Crippen LogP contribution >= 0.6 is 0 Å². The number of carbonyl (C=O) groups is 3. The molecule has 0 aliphatic carbocycles. The topological polar surface area (TPSA) is 131 Å². The Hall–Kier alpha value is -3.52. The van der Waals surface area contributed by atoms with Crippen LogP contribution in [0.3, 0.4) is 0 Å². The van der Waals surface area contributed by atoms with Gasteiger partial charge in [0.15, 0.2) is 18.1 Å². The standard InChI is InChI=1S/C17H16N4O6/c1-10(22)25-9-13-15(17(24)27-7-11-5-3-2-4-6-11)21-12(8-26-13)14(16(21)23)19-20-18/h2-6,12,14H,7-9H2,1H3. The predicted octanol–water partition coefficient (Wildman–Crippen LogP) is 1.42. The molecule has 2 aliphatic rings. The van der Waals surface area contributed by atoms with Crippen LogP contribution in [-0.2, 0) is 35.2 Å². The molecule has 140 valence electrons. The largest absolute Gasteiger partial charge is 0.490 e. The smallest absolute Gasteiger partial charge is 0.359 e. The Morgan fingerprint density at radius 2 is 2.04 bits per heavy atom.